The second-order valence-electron chi connectivity index (χ2n) is 3.46. The minimum absolute atomic E-state index is 1.09. The molecule has 0 nitrogen and oxygen atoms in total. The average Bonchev–Trinajstić information content (AvgIpc) is 2.21. The Balaban J connectivity index is 3.08. The molecule has 0 spiro atoms. The Morgan fingerprint density at radius 1 is 0.786 bits per heavy atom. The Bertz CT molecular complexity index is 163. The first-order valence-corrected chi connectivity index (χ1v) is 5.65. The minimum atomic E-state index is 1.09. The number of hydrogen-bond acceptors (Lipinski definition) is 0. The quantitative estimate of drug-likeness (QED) is 0.361. The van der Waals surface area contributed by atoms with E-state index in [1.165, 1.54) is 38.5 Å². The zero-order chi connectivity index (χ0) is 10.5. The van der Waals surface area contributed by atoms with Crippen LogP contribution in [0.3, 0.4) is 0 Å². The molecular weight excluding hydrogens is 168 g/mol. The molecule has 0 saturated heterocycles. The van der Waals surface area contributed by atoms with Crippen molar-refractivity contribution in [3.63, 3.8) is 0 Å². The lowest BCUT2D eigenvalue weighted by molar-refractivity contribution is 0.621. The molecule has 0 rings (SSSR count). The lowest BCUT2D eigenvalue weighted by atomic mass is 10.1. The average molecular weight is 191 g/mol. The molecule has 0 heteroatoms. The summed E-state index contributed by atoms with van der Waals surface area (Å²) in [6.07, 6.45) is 19.1. The van der Waals surface area contributed by atoms with Gasteiger partial charge in [-0.1, -0.05) is 76.0 Å². The van der Waals surface area contributed by atoms with Crippen molar-refractivity contribution >= 4 is 0 Å². The third-order valence-electron chi connectivity index (χ3n) is 2.12. The van der Waals surface area contributed by atoms with E-state index in [0.717, 1.165) is 6.42 Å². The van der Waals surface area contributed by atoms with Crippen molar-refractivity contribution in [3.05, 3.63) is 43.9 Å². The van der Waals surface area contributed by atoms with Crippen molar-refractivity contribution in [2.24, 2.45) is 0 Å². The molecule has 0 aromatic carbocycles. The Labute approximate surface area is 89.4 Å². The van der Waals surface area contributed by atoms with Crippen molar-refractivity contribution in [3.8, 4) is 0 Å². The molecule has 0 atom stereocenters. The van der Waals surface area contributed by atoms with Crippen LogP contribution in [-0.2, 0) is 0 Å². The summed E-state index contributed by atoms with van der Waals surface area (Å²) >= 11 is 0. The normalized spacial score (nSPS) is 11.5. The highest BCUT2D eigenvalue weighted by Gasteiger charge is 1.87. The fourth-order valence-corrected chi connectivity index (χ4v) is 1.29. The van der Waals surface area contributed by atoms with Crippen LogP contribution in [0, 0.1) is 6.92 Å². The largest absolute Gasteiger partial charge is 0.0991 e. The van der Waals surface area contributed by atoms with Gasteiger partial charge in [0.15, 0.2) is 0 Å². The molecule has 0 saturated carbocycles. The van der Waals surface area contributed by atoms with E-state index in [9.17, 15) is 0 Å². The summed E-state index contributed by atoms with van der Waals surface area (Å²) in [7, 11) is 0. The first-order chi connectivity index (χ1) is 6.91. The van der Waals surface area contributed by atoms with Crippen molar-refractivity contribution in [2.45, 2.75) is 44.9 Å². The van der Waals surface area contributed by atoms with Gasteiger partial charge >= 0.3 is 0 Å². The maximum Gasteiger partial charge on any atom is -0.0348 e. The Morgan fingerprint density at radius 3 is 2.21 bits per heavy atom. The maximum absolute atomic E-state index is 3.83. The predicted molar refractivity (Wildman–Crippen MR) is 66.2 cm³/mol. The number of hydrogen-bond donors (Lipinski definition) is 0. The number of rotatable bonds is 9. The highest BCUT2D eigenvalue weighted by atomic mass is 13.9. The van der Waals surface area contributed by atoms with Crippen LogP contribution >= 0.6 is 0 Å². The van der Waals surface area contributed by atoms with E-state index in [-0.39, 0.29) is 0 Å². The van der Waals surface area contributed by atoms with Crippen molar-refractivity contribution in [1.29, 1.82) is 0 Å². The lowest BCUT2D eigenvalue weighted by Crippen LogP contribution is -1.77. The summed E-state index contributed by atoms with van der Waals surface area (Å²) in [5, 5.41) is 0. The highest BCUT2D eigenvalue weighted by Crippen LogP contribution is 2.06. The van der Waals surface area contributed by atoms with Gasteiger partial charge in [-0.15, -0.1) is 0 Å². The van der Waals surface area contributed by atoms with E-state index in [2.05, 4.69) is 25.7 Å². The van der Waals surface area contributed by atoms with E-state index in [4.69, 9.17) is 0 Å². The fourth-order valence-electron chi connectivity index (χ4n) is 1.29. The first-order valence-electron chi connectivity index (χ1n) is 5.65. The molecule has 14 heavy (non-hydrogen) atoms. The summed E-state index contributed by atoms with van der Waals surface area (Å²) < 4.78 is 0. The summed E-state index contributed by atoms with van der Waals surface area (Å²) in [6.45, 7) is 7.45. The first kappa shape index (κ1) is 13.2. The third-order valence-corrected chi connectivity index (χ3v) is 2.12. The molecule has 0 heterocycles. The zero-order valence-electron chi connectivity index (χ0n) is 9.25. The van der Waals surface area contributed by atoms with Gasteiger partial charge in [0, 0.05) is 0 Å². The van der Waals surface area contributed by atoms with Gasteiger partial charge in [0.25, 0.3) is 0 Å². The monoisotopic (exact) mass is 191 g/mol. The summed E-state index contributed by atoms with van der Waals surface area (Å²) in [6, 6.07) is 0. The molecule has 0 unspecified atom stereocenters. The van der Waals surface area contributed by atoms with Gasteiger partial charge in [-0.3, -0.25) is 0 Å². The molecule has 0 aliphatic heterocycles. The summed E-state index contributed by atoms with van der Waals surface area (Å²) in [4.78, 5) is 0. The molecule has 79 valence electrons. The highest BCUT2D eigenvalue weighted by molar-refractivity contribution is 5.08. The molecular formula is C14H23. The van der Waals surface area contributed by atoms with Gasteiger partial charge in [0.2, 0.25) is 0 Å². The van der Waals surface area contributed by atoms with Crippen LogP contribution in [0.25, 0.3) is 0 Å². The Kier molecular flexibility index (Phi) is 11.5. The Morgan fingerprint density at radius 2 is 1.50 bits per heavy atom. The summed E-state index contributed by atoms with van der Waals surface area (Å²) in [5.74, 6) is 0. The zero-order valence-corrected chi connectivity index (χ0v) is 9.25. The molecule has 0 amide bonds. The van der Waals surface area contributed by atoms with Crippen LogP contribution in [0.15, 0.2) is 37.0 Å². The SMILES string of the molecule is [CH2]CCCCCCCC=CC=CC=C. The van der Waals surface area contributed by atoms with Crippen LogP contribution in [-0.4, -0.2) is 0 Å². The molecule has 1 radical (unpaired) electrons. The van der Waals surface area contributed by atoms with E-state index in [1.54, 1.807) is 6.08 Å². The second kappa shape index (κ2) is 12.2. The molecule has 0 aromatic heterocycles. The molecule has 0 aliphatic carbocycles. The van der Waals surface area contributed by atoms with E-state index >= 15 is 0 Å². The van der Waals surface area contributed by atoms with Gasteiger partial charge in [0.05, 0.1) is 0 Å². The van der Waals surface area contributed by atoms with E-state index in [1.807, 2.05) is 12.2 Å². The van der Waals surface area contributed by atoms with Gasteiger partial charge in [-0.25, -0.2) is 0 Å². The van der Waals surface area contributed by atoms with Gasteiger partial charge in [-0.05, 0) is 12.8 Å². The topological polar surface area (TPSA) is 0 Å². The summed E-state index contributed by atoms with van der Waals surface area (Å²) in [5.41, 5.74) is 0. The van der Waals surface area contributed by atoms with Gasteiger partial charge < -0.3 is 0 Å². The smallest absolute Gasteiger partial charge is 0.0348 e. The fraction of sp³-hybridized carbons (Fsp3) is 0.500. The van der Waals surface area contributed by atoms with Gasteiger partial charge in [-0.2, -0.15) is 0 Å². The second-order valence-corrected chi connectivity index (χ2v) is 3.46. The van der Waals surface area contributed by atoms with Crippen LogP contribution < -0.4 is 0 Å². The van der Waals surface area contributed by atoms with Crippen LogP contribution in [0.4, 0.5) is 0 Å². The molecule has 0 N–H and O–H groups in total. The van der Waals surface area contributed by atoms with Crippen molar-refractivity contribution < 1.29 is 0 Å². The van der Waals surface area contributed by atoms with Crippen molar-refractivity contribution in [1.82, 2.24) is 0 Å². The molecule has 0 fully saturated rings. The molecule has 0 aromatic rings. The standard InChI is InChI=1S/C14H23/c1-3-5-7-9-11-13-14-12-10-8-6-4-2/h3,5,7,9,11H,1-2,4,6,8,10,12-14H2. The van der Waals surface area contributed by atoms with Crippen LogP contribution in [0.2, 0.25) is 0 Å². The maximum atomic E-state index is 3.83. The minimum Gasteiger partial charge on any atom is -0.0991 e. The van der Waals surface area contributed by atoms with Crippen LogP contribution in [0.5, 0.6) is 0 Å². The Hall–Kier alpha value is -0.780. The predicted octanol–water partition coefficient (Wildman–Crippen LogP) is 4.85. The lowest BCUT2D eigenvalue weighted by Gasteiger charge is -1.96. The third kappa shape index (κ3) is 11.2. The van der Waals surface area contributed by atoms with Crippen LogP contribution in [0.1, 0.15) is 44.9 Å². The van der Waals surface area contributed by atoms with E-state index < -0.39 is 0 Å². The number of allylic oxidation sites excluding steroid dienone is 5. The molecule has 0 bridgehead atoms. The molecule has 0 aliphatic rings. The van der Waals surface area contributed by atoms with E-state index in [0.29, 0.717) is 0 Å². The van der Waals surface area contributed by atoms with Gasteiger partial charge in [0.1, 0.15) is 0 Å². The number of unbranched alkanes of at least 4 members (excludes halogenated alkanes) is 6. The van der Waals surface area contributed by atoms with Crippen molar-refractivity contribution in [2.75, 3.05) is 0 Å².